The number of aromatic nitrogens is 1. The molecule has 2 rings (SSSR count). The highest BCUT2D eigenvalue weighted by Gasteiger charge is 2.13. The number of pyridine rings is 1. The average Bonchev–Trinajstić information content (AvgIpc) is 2.45. The third-order valence-corrected chi connectivity index (χ3v) is 3.78. The highest BCUT2D eigenvalue weighted by Crippen LogP contribution is 2.30. The normalized spacial score (nSPS) is 12.2. The number of hydrogen-bond donors (Lipinski definition) is 1. The fourth-order valence-corrected chi connectivity index (χ4v) is 2.80. The molecular weight excluding hydrogens is 282 g/mol. The number of anilines is 1. The lowest BCUT2D eigenvalue weighted by atomic mass is 10.0. The molecule has 1 unspecified atom stereocenters. The van der Waals surface area contributed by atoms with Gasteiger partial charge in [-0.25, -0.2) is 0 Å². The molecule has 3 nitrogen and oxygen atoms in total. The van der Waals surface area contributed by atoms with E-state index in [0.717, 1.165) is 30.1 Å². The maximum Gasteiger partial charge on any atom is 0.0642 e. The Morgan fingerprint density at radius 2 is 1.95 bits per heavy atom. The van der Waals surface area contributed by atoms with Crippen LogP contribution in [0.2, 0.25) is 5.02 Å². The molecule has 2 aromatic rings. The predicted octanol–water partition coefficient (Wildman–Crippen LogP) is 3.30. The van der Waals surface area contributed by atoms with E-state index < -0.39 is 0 Å². The summed E-state index contributed by atoms with van der Waals surface area (Å²) in [5.41, 5.74) is 9.51. The number of hydrogen-bond acceptors (Lipinski definition) is 3. The number of para-hydroxylation sites is 1. The van der Waals surface area contributed by atoms with Gasteiger partial charge in [0.15, 0.2) is 0 Å². The number of benzene rings is 1. The van der Waals surface area contributed by atoms with Gasteiger partial charge in [-0.15, -0.1) is 0 Å². The van der Waals surface area contributed by atoms with E-state index in [9.17, 15) is 0 Å². The Morgan fingerprint density at radius 3 is 2.62 bits per heavy atom. The maximum absolute atomic E-state index is 6.40. The molecule has 0 aliphatic carbocycles. The molecular formula is C17H22ClN3. The van der Waals surface area contributed by atoms with Crippen molar-refractivity contribution >= 4 is 17.3 Å². The first-order chi connectivity index (χ1) is 10.1. The molecule has 0 saturated carbocycles. The lowest BCUT2D eigenvalue weighted by Gasteiger charge is -2.24. The molecule has 1 heterocycles. The van der Waals surface area contributed by atoms with Gasteiger partial charge in [0.25, 0.3) is 0 Å². The molecule has 21 heavy (non-hydrogen) atoms. The van der Waals surface area contributed by atoms with Gasteiger partial charge >= 0.3 is 0 Å². The summed E-state index contributed by atoms with van der Waals surface area (Å²) in [5.74, 6) is 0. The SMILES string of the molecule is CC(N)Cc1cccc(Cl)c1N(C)CCc1ccncc1. The Morgan fingerprint density at radius 1 is 1.24 bits per heavy atom. The number of rotatable bonds is 6. The predicted molar refractivity (Wildman–Crippen MR) is 90.0 cm³/mol. The Hall–Kier alpha value is -1.58. The van der Waals surface area contributed by atoms with E-state index >= 15 is 0 Å². The van der Waals surface area contributed by atoms with Crippen molar-refractivity contribution in [3.8, 4) is 0 Å². The largest absolute Gasteiger partial charge is 0.373 e. The molecule has 1 aromatic heterocycles. The van der Waals surface area contributed by atoms with E-state index in [4.69, 9.17) is 17.3 Å². The summed E-state index contributed by atoms with van der Waals surface area (Å²) in [4.78, 5) is 6.25. The molecule has 0 fully saturated rings. The summed E-state index contributed by atoms with van der Waals surface area (Å²) in [6.07, 6.45) is 5.44. The van der Waals surface area contributed by atoms with Crippen molar-refractivity contribution in [2.45, 2.75) is 25.8 Å². The van der Waals surface area contributed by atoms with E-state index in [-0.39, 0.29) is 6.04 Å². The molecule has 1 atom stereocenters. The van der Waals surface area contributed by atoms with Gasteiger partial charge in [0, 0.05) is 32.0 Å². The van der Waals surface area contributed by atoms with E-state index in [1.165, 1.54) is 11.1 Å². The molecule has 0 radical (unpaired) electrons. The van der Waals surface area contributed by atoms with Crippen LogP contribution >= 0.6 is 11.6 Å². The number of nitrogens with zero attached hydrogens (tertiary/aromatic N) is 2. The fourth-order valence-electron chi connectivity index (χ4n) is 2.46. The maximum atomic E-state index is 6.40. The van der Waals surface area contributed by atoms with Gasteiger partial charge < -0.3 is 10.6 Å². The second-order valence-corrected chi connectivity index (χ2v) is 5.86. The smallest absolute Gasteiger partial charge is 0.0642 e. The third-order valence-electron chi connectivity index (χ3n) is 3.48. The van der Waals surface area contributed by atoms with Gasteiger partial charge in [0.05, 0.1) is 10.7 Å². The van der Waals surface area contributed by atoms with Crippen molar-refractivity contribution in [2.75, 3.05) is 18.5 Å². The monoisotopic (exact) mass is 303 g/mol. The first kappa shape index (κ1) is 15.8. The van der Waals surface area contributed by atoms with Crippen molar-refractivity contribution in [1.82, 2.24) is 4.98 Å². The molecule has 0 saturated heterocycles. The van der Waals surface area contributed by atoms with E-state index in [1.54, 1.807) is 0 Å². The van der Waals surface area contributed by atoms with Gasteiger partial charge in [-0.2, -0.15) is 0 Å². The van der Waals surface area contributed by atoms with Crippen molar-refractivity contribution in [3.63, 3.8) is 0 Å². The van der Waals surface area contributed by atoms with Crippen LogP contribution in [0.4, 0.5) is 5.69 Å². The quantitative estimate of drug-likeness (QED) is 0.890. The molecule has 112 valence electrons. The van der Waals surface area contributed by atoms with Crippen LogP contribution in [-0.2, 0) is 12.8 Å². The summed E-state index contributed by atoms with van der Waals surface area (Å²) in [6.45, 7) is 2.92. The van der Waals surface area contributed by atoms with Gasteiger partial charge in [0.2, 0.25) is 0 Å². The molecule has 4 heteroatoms. The standard InChI is InChI=1S/C17H22ClN3/c1-13(19)12-15-4-3-5-16(18)17(15)21(2)11-8-14-6-9-20-10-7-14/h3-7,9-10,13H,8,11-12,19H2,1-2H3. The first-order valence-electron chi connectivity index (χ1n) is 7.21. The van der Waals surface area contributed by atoms with E-state index in [1.807, 2.05) is 43.6 Å². The number of halogens is 1. The molecule has 1 aromatic carbocycles. The molecule has 0 bridgehead atoms. The summed E-state index contributed by atoms with van der Waals surface area (Å²) in [5, 5.41) is 0.783. The minimum atomic E-state index is 0.121. The van der Waals surface area contributed by atoms with Crippen molar-refractivity contribution < 1.29 is 0 Å². The first-order valence-corrected chi connectivity index (χ1v) is 7.58. The van der Waals surface area contributed by atoms with Crippen LogP contribution < -0.4 is 10.6 Å². The van der Waals surface area contributed by atoms with E-state index in [2.05, 4.69) is 23.0 Å². The minimum Gasteiger partial charge on any atom is -0.373 e. The second-order valence-electron chi connectivity index (χ2n) is 5.46. The Labute approximate surface area is 131 Å². The highest BCUT2D eigenvalue weighted by molar-refractivity contribution is 6.33. The lowest BCUT2D eigenvalue weighted by Crippen LogP contribution is -2.24. The van der Waals surface area contributed by atoms with Crippen LogP contribution in [0.5, 0.6) is 0 Å². The summed E-state index contributed by atoms with van der Waals surface area (Å²) >= 11 is 6.40. The Bertz CT molecular complexity index is 570. The average molecular weight is 304 g/mol. The van der Waals surface area contributed by atoms with Crippen LogP contribution in [0.25, 0.3) is 0 Å². The van der Waals surface area contributed by atoms with Crippen LogP contribution in [-0.4, -0.2) is 24.6 Å². The zero-order valence-corrected chi connectivity index (χ0v) is 13.3. The van der Waals surface area contributed by atoms with Gasteiger partial charge in [-0.05, 0) is 49.1 Å². The van der Waals surface area contributed by atoms with Crippen LogP contribution in [0.1, 0.15) is 18.1 Å². The lowest BCUT2D eigenvalue weighted by molar-refractivity contribution is 0.733. The van der Waals surface area contributed by atoms with E-state index in [0.29, 0.717) is 0 Å². The topological polar surface area (TPSA) is 42.1 Å². The molecule has 0 aliphatic heterocycles. The summed E-state index contributed by atoms with van der Waals surface area (Å²) < 4.78 is 0. The summed E-state index contributed by atoms with van der Waals surface area (Å²) in [6, 6.07) is 10.2. The molecule has 0 amide bonds. The number of nitrogens with two attached hydrogens (primary N) is 1. The zero-order valence-electron chi connectivity index (χ0n) is 12.6. The van der Waals surface area contributed by atoms with Crippen LogP contribution in [0, 0.1) is 0 Å². The number of likely N-dealkylation sites (N-methyl/N-ethyl adjacent to an activating group) is 1. The fraction of sp³-hybridized carbons (Fsp3) is 0.353. The molecule has 0 spiro atoms. The van der Waals surface area contributed by atoms with Crippen molar-refractivity contribution in [1.29, 1.82) is 0 Å². The minimum absolute atomic E-state index is 0.121. The van der Waals surface area contributed by atoms with Crippen LogP contribution in [0.3, 0.4) is 0 Å². The van der Waals surface area contributed by atoms with Gasteiger partial charge in [0.1, 0.15) is 0 Å². The molecule has 2 N–H and O–H groups in total. The highest BCUT2D eigenvalue weighted by atomic mass is 35.5. The Kier molecular flexibility index (Phi) is 5.59. The molecule has 0 aliphatic rings. The third kappa shape index (κ3) is 4.45. The zero-order chi connectivity index (χ0) is 15.2. The van der Waals surface area contributed by atoms with Gasteiger partial charge in [-0.1, -0.05) is 23.7 Å². The Balaban J connectivity index is 2.12. The summed E-state index contributed by atoms with van der Waals surface area (Å²) in [7, 11) is 2.08. The second kappa shape index (κ2) is 7.43. The van der Waals surface area contributed by atoms with Crippen molar-refractivity contribution in [3.05, 3.63) is 58.9 Å². The van der Waals surface area contributed by atoms with Crippen molar-refractivity contribution in [2.24, 2.45) is 5.73 Å². The van der Waals surface area contributed by atoms with Crippen LogP contribution in [0.15, 0.2) is 42.7 Å². The van der Waals surface area contributed by atoms with Gasteiger partial charge in [-0.3, -0.25) is 4.98 Å².